The first-order chi connectivity index (χ1) is 16.9. The zero-order chi connectivity index (χ0) is 24.5. The number of aliphatic carboxylic acids is 1. The number of carboxylic acid groups (broad SMARTS) is 1. The summed E-state index contributed by atoms with van der Waals surface area (Å²) in [6.07, 6.45) is 9.16. The number of carboxylic acids is 1. The Morgan fingerprint density at radius 3 is 2.77 bits per heavy atom. The predicted octanol–water partition coefficient (Wildman–Crippen LogP) is 6.15. The lowest BCUT2D eigenvalue weighted by molar-refractivity contribution is -0.138. The Kier molecular flexibility index (Phi) is 6.80. The number of aromatic amines is 1. The lowest BCUT2D eigenvalue weighted by Crippen LogP contribution is -2.40. The summed E-state index contributed by atoms with van der Waals surface area (Å²) in [4.78, 5) is 21.4. The molecule has 1 aliphatic heterocycles. The maximum atomic E-state index is 14.1. The third-order valence-corrected chi connectivity index (χ3v) is 7.71. The molecule has 5 rings (SSSR count). The van der Waals surface area contributed by atoms with Crippen molar-refractivity contribution in [2.45, 2.75) is 44.6 Å². The van der Waals surface area contributed by atoms with Gasteiger partial charge in [0.25, 0.3) is 0 Å². The Hall–Kier alpha value is -2.90. The number of carbonyl (C=O) groups is 1. The molecule has 1 saturated carbocycles. The van der Waals surface area contributed by atoms with E-state index < -0.39 is 5.97 Å². The topological polar surface area (TPSA) is 78.5 Å². The van der Waals surface area contributed by atoms with Gasteiger partial charge in [0.1, 0.15) is 17.2 Å². The number of fused-ring (bicyclic) bond motifs is 1. The molecule has 2 aromatic heterocycles. The van der Waals surface area contributed by atoms with E-state index >= 15 is 0 Å². The zero-order valence-electron chi connectivity index (χ0n) is 19.7. The number of aromatic nitrogens is 2. The van der Waals surface area contributed by atoms with Crippen molar-refractivity contribution in [1.29, 1.82) is 0 Å². The molecule has 35 heavy (non-hydrogen) atoms. The minimum atomic E-state index is -0.688. The summed E-state index contributed by atoms with van der Waals surface area (Å²) in [5.74, 6) is -0.179. The van der Waals surface area contributed by atoms with Crippen molar-refractivity contribution >= 4 is 34.2 Å². The van der Waals surface area contributed by atoms with Gasteiger partial charge in [-0.15, -0.1) is 0 Å². The van der Waals surface area contributed by atoms with Crippen molar-refractivity contribution in [3.63, 3.8) is 0 Å². The fraction of sp³-hybridized carbons (Fsp3) is 0.407. The molecule has 0 atom stereocenters. The van der Waals surface area contributed by atoms with Gasteiger partial charge in [-0.3, -0.25) is 9.69 Å². The van der Waals surface area contributed by atoms with Gasteiger partial charge in [-0.25, -0.2) is 9.37 Å². The minimum Gasteiger partial charge on any atom is -0.496 e. The molecule has 0 radical (unpaired) electrons. The molecule has 1 fully saturated rings. The van der Waals surface area contributed by atoms with Crippen LogP contribution in [0.3, 0.4) is 0 Å². The second-order valence-corrected chi connectivity index (χ2v) is 9.92. The number of nitrogens with one attached hydrogen (secondary N) is 1. The number of halogens is 2. The van der Waals surface area contributed by atoms with Gasteiger partial charge in [-0.1, -0.05) is 17.7 Å². The highest BCUT2D eigenvalue weighted by molar-refractivity contribution is 6.35. The fourth-order valence-electron chi connectivity index (χ4n) is 5.59. The molecule has 2 N–H and O–H groups in total. The van der Waals surface area contributed by atoms with Gasteiger partial charge in [0.15, 0.2) is 0 Å². The molecule has 0 unspecified atom stereocenters. The smallest absolute Gasteiger partial charge is 0.303 e. The minimum absolute atomic E-state index is 0.290. The molecule has 0 saturated heterocycles. The molecule has 184 valence electrons. The number of nitrogens with zero attached hydrogens (tertiary/aromatic N) is 2. The maximum absolute atomic E-state index is 14.1. The Bertz CT molecular complexity index is 1280. The summed E-state index contributed by atoms with van der Waals surface area (Å²) in [5, 5.41) is 10.3. The van der Waals surface area contributed by atoms with E-state index in [0.29, 0.717) is 45.9 Å². The molecule has 8 heteroatoms. The average molecular weight is 498 g/mol. The third kappa shape index (κ3) is 4.93. The van der Waals surface area contributed by atoms with Crippen LogP contribution in [-0.2, 0) is 4.79 Å². The van der Waals surface area contributed by atoms with E-state index in [-0.39, 0.29) is 5.82 Å². The summed E-state index contributed by atoms with van der Waals surface area (Å²) in [6.45, 7) is 1.84. The van der Waals surface area contributed by atoms with Crippen LogP contribution in [0.25, 0.3) is 27.7 Å². The average Bonchev–Trinajstić information content (AvgIpc) is 3.28. The lowest BCUT2D eigenvalue weighted by atomic mass is 9.83. The number of methoxy groups -OCH3 is 1. The molecular formula is C27H29ClFN3O3. The number of hydrogen-bond donors (Lipinski definition) is 2. The van der Waals surface area contributed by atoms with Crippen LogP contribution in [-0.4, -0.2) is 52.2 Å². The van der Waals surface area contributed by atoms with Crippen LogP contribution < -0.4 is 4.74 Å². The van der Waals surface area contributed by atoms with Crippen molar-refractivity contribution in [3.8, 4) is 16.9 Å². The van der Waals surface area contributed by atoms with Gasteiger partial charge in [-0.2, -0.15) is 0 Å². The largest absolute Gasteiger partial charge is 0.496 e. The zero-order valence-corrected chi connectivity index (χ0v) is 20.4. The Labute approximate surface area is 208 Å². The number of benzene rings is 1. The molecule has 2 aliphatic rings. The normalized spacial score (nSPS) is 21.2. The van der Waals surface area contributed by atoms with Crippen LogP contribution in [0.4, 0.5) is 4.39 Å². The monoisotopic (exact) mass is 497 g/mol. The van der Waals surface area contributed by atoms with E-state index in [9.17, 15) is 9.18 Å². The van der Waals surface area contributed by atoms with Gasteiger partial charge in [-0.05, 0) is 67.9 Å². The number of H-pyrrole nitrogens is 1. The second kappa shape index (κ2) is 9.99. The quantitative estimate of drug-likeness (QED) is 0.427. The number of ether oxygens (including phenoxy) is 1. The predicted molar refractivity (Wildman–Crippen MR) is 135 cm³/mol. The van der Waals surface area contributed by atoms with Crippen molar-refractivity contribution in [2.75, 3.05) is 20.2 Å². The molecule has 6 nitrogen and oxygen atoms in total. The summed E-state index contributed by atoms with van der Waals surface area (Å²) >= 11 is 6.55. The van der Waals surface area contributed by atoms with Gasteiger partial charge < -0.3 is 14.8 Å². The third-order valence-electron chi connectivity index (χ3n) is 7.43. The van der Waals surface area contributed by atoms with Crippen molar-refractivity contribution in [3.05, 3.63) is 53.1 Å². The lowest BCUT2D eigenvalue weighted by Gasteiger charge is -2.38. The number of hydrogen-bond acceptors (Lipinski definition) is 4. The highest BCUT2D eigenvalue weighted by Gasteiger charge is 2.28. The first-order valence-corrected chi connectivity index (χ1v) is 12.5. The second-order valence-electron chi connectivity index (χ2n) is 9.52. The van der Waals surface area contributed by atoms with E-state index in [4.69, 9.17) is 21.4 Å². The SMILES string of the molecule is COc1ccc(F)cc1-c1c(Cl)cnc2[nH]c(C3=CCN([C@H]4CC[C@@H](CC(=O)O)CC4)CC3)cc12. The van der Waals surface area contributed by atoms with Gasteiger partial charge in [0.05, 0.1) is 12.1 Å². The molecule has 3 heterocycles. The molecule has 1 aliphatic carbocycles. The van der Waals surface area contributed by atoms with Crippen LogP contribution in [0.1, 0.15) is 44.2 Å². The van der Waals surface area contributed by atoms with Gasteiger partial charge in [0, 0.05) is 54.0 Å². The van der Waals surface area contributed by atoms with Crippen molar-refractivity contribution in [1.82, 2.24) is 14.9 Å². The standard InChI is InChI=1S/C27H29ClFN3O3/c1-35-24-7-4-18(29)13-20(24)26-21-14-23(31-27(21)30-15-22(26)28)17-8-10-32(11-9-17)19-5-2-16(3-6-19)12-25(33)34/h4,7-8,13-16,19H,2-3,5-6,9-12H2,1H3,(H,30,31)(H,33,34)/t16-,19+. The van der Waals surface area contributed by atoms with Crippen molar-refractivity contribution < 1.29 is 19.0 Å². The Balaban J connectivity index is 1.37. The number of rotatable bonds is 6. The summed E-state index contributed by atoms with van der Waals surface area (Å²) in [6, 6.07) is 6.98. The first kappa shape index (κ1) is 23.8. The molecule has 0 amide bonds. The summed E-state index contributed by atoms with van der Waals surface area (Å²) in [7, 11) is 1.56. The molecule has 0 bridgehead atoms. The molecular weight excluding hydrogens is 469 g/mol. The molecule has 1 aromatic carbocycles. The highest BCUT2D eigenvalue weighted by atomic mass is 35.5. The van der Waals surface area contributed by atoms with Crippen LogP contribution in [0.2, 0.25) is 5.02 Å². The van der Waals surface area contributed by atoms with Crippen LogP contribution in [0, 0.1) is 11.7 Å². The molecule has 3 aromatic rings. The van der Waals surface area contributed by atoms with Crippen molar-refractivity contribution in [2.24, 2.45) is 5.92 Å². The van der Waals surface area contributed by atoms with Crippen LogP contribution in [0.15, 0.2) is 36.5 Å². The van der Waals surface area contributed by atoms with Crippen LogP contribution in [0.5, 0.6) is 5.75 Å². The first-order valence-electron chi connectivity index (χ1n) is 12.1. The van der Waals surface area contributed by atoms with E-state index in [0.717, 1.165) is 56.3 Å². The van der Waals surface area contributed by atoms with E-state index in [1.165, 1.54) is 17.7 Å². The van der Waals surface area contributed by atoms with E-state index in [2.05, 4.69) is 20.9 Å². The summed E-state index contributed by atoms with van der Waals surface area (Å²) in [5.41, 5.74) is 4.22. The van der Waals surface area contributed by atoms with E-state index in [1.807, 2.05) is 6.07 Å². The fourth-order valence-corrected chi connectivity index (χ4v) is 5.85. The van der Waals surface area contributed by atoms with Gasteiger partial charge in [0.2, 0.25) is 0 Å². The maximum Gasteiger partial charge on any atom is 0.303 e. The van der Waals surface area contributed by atoms with Crippen LogP contribution >= 0.6 is 11.6 Å². The summed E-state index contributed by atoms with van der Waals surface area (Å²) < 4.78 is 19.6. The molecule has 0 spiro atoms. The van der Waals surface area contributed by atoms with E-state index in [1.54, 1.807) is 19.4 Å². The Morgan fingerprint density at radius 2 is 2.09 bits per heavy atom. The highest BCUT2D eigenvalue weighted by Crippen LogP contribution is 2.41. The number of pyridine rings is 1. The Morgan fingerprint density at radius 1 is 1.29 bits per heavy atom. The van der Waals surface area contributed by atoms with Gasteiger partial charge >= 0.3 is 5.97 Å².